The van der Waals surface area contributed by atoms with E-state index in [0.29, 0.717) is 23.9 Å². The van der Waals surface area contributed by atoms with Gasteiger partial charge < -0.3 is 9.80 Å². The van der Waals surface area contributed by atoms with E-state index in [9.17, 15) is 4.79 Å². The van der Waals surface area contributed by atoms with Crippen molar-refractivity contribution in [3.05, 3.63) is 35.9 Å². The maximum atomic E-state index is 13.0. The zero-order valence-electron chi connectivity index (χ0n) is 15.7. The largest absolute Gasteiger partial charge is 0.338 e. The predicted octanol–water partition coefficient (Wildman–Crippen LogP) is 3.90. The second-order valence-corrected chi connectivity index (χ2v) is 8.59. The number of fused-ring (bicyclic) bond motifs is 1. The number of rotatable bonds is 1. The molecule has 1 aromatic carbocycles. The third-order valence-corrected chi connectivity index (χ3v) is 5.79. The van der Waals surface area contributed by atoms with Crippen LogP contribution in [0.4, 0.5) is 0 Å². The van der Waals surface area contributed by atoms with Gasteiger partial charge in [0.25, 0.3) is 0 Å². The van der Waals surface area contributed by atoms with Crippen molar-refractivity contribution in [2.75, 3.05) is 20.1 Å². The van der Waals surface area contributed by atoms with Crippen LogP contribution in [-0.4, -0.2) is 47.9 Å². The van der Waals surface area contributed by atoms with Crippen molar-refractivity contribution in [1.82, 2.24) is 9.80 Å². The van der Waals surface area contributed by atoms with Gasteiger partial charge in [0.05, 0.1) is 0 Å². The number of carbonyl (C=O) groups excluding carboxylic acids is 1. The zero-order chi connectivity index (χ0) is 17.3. The van der Waals surface area contributed by atoms with Crippen molar-refractivity contribution in [3.63, 3.8) is 0 Å². The molecule has 132 valence electrons. The highest BCUT2D eigenvalue weighted by atomic mass is 16.2. The first-order chi connectivity index (χ1) is 11.4. The molecule has 3 atom stereocenters. The minimum absolute atomic E-state index is 0.297. The van der Waals surface area contributed by atoms with E-state index in [1.807, 2.05) is 20.8 Å². The molecule has 0 radical (unpaired) electrons. The van der Waals surface area contributed by atoms with Crippen LogP contribution in [0.3, 0.4) is 0 Å². The van der Waals surface area contributed by atoms with Crippen LogP contribution in [0.1, 0.15) is 57.9 Å². The van der Waals surface area contributed by atoms with Crippen molar-refractivity contribution in [2.24, 2.45) is 5.41 Å². The molecule has 2 saturated heterocycles. The number of benzene rings is 1. The van der Waals surface area contributed by atoms with Crippen molar-refractivity contribution in [3.8, 4) is 0 Å². The fraction of sp³-hybridized carbons (Fsp3) is 0.667. The van der Waals surface area contributed by atoms with Gasteiger partial charge in [-0.2, -0.15) is 0 Å². The number of hydrogen-bond acceptors (Lipinski definition) is 2. The number of nitrogens with zero attached hydrogens (tertiary/aromatic N) is 2. The SMILES string of the molecule is CN1CCCC[C@@H]2[C@H]1[C@@H](c1ccccc1)CCN2C(=O)C(C)(C)C. The Morgan fingerprint density at radius 3 is 2.42 bits per heavy atom. The van der Waals surface area contributed by atoms with E-state index in [-0.39, 0.29) is 5.41 Å². The van der Waals surface area contributed by atoms with Gasteiger partial charge in [0.1, 0.15) is 0 Å². The van der Waals surface area contributed by atoms with Gasteiger partial charge in [-0.15, -0.1) is 0 Å². The molecule has 0 unspecified atom stereocenters. The monoisotopic (exact) mass is 328 g/mol. The van der Waals surface area contributed by atoms with Crippen molar-refractivity contribution in [2.45, 2.75) is 64.5 Å². The Hall–Kier alpha value is -1.35. The highest BCUT2D eigenvalue weighted by Gasteiger charge is 2.45. The molecular weight excluding hydrogens is 296 g/mol. The normalized spacial score (nSPS) is 29.0. The third-order valence-electron chi connectivity index (χ3n) is 5.79. The Kier molecular flexibility index (Phi) is 5.00. The first-order valence-electron chi connectivity index (χ1n) is 9.46. The zero-order valence-corrected chi connectivity index (χ0v) is 15.7. The van der Waals surface area contributed by atoms with Crippen LogP contribution in [0.5, 0.6) is 0 Å². The molecule has 0 spiro atoms. The average molecular weight is 329 g/mol. The Morgan fingerprint density at radius 2 is 1.75 bits per heavy atom. The van der Waals surface area contributed by atoms with Crippen molar-refractivity contribution in [1.29, 1.82) is 0 Å². The van der Waals surface area contributed by atoms with E-state index in [2.05, 4.69) is 47.2 Å². The lowest BCUT2D eigenvalue weighted by molar-refractivity contribution is -0.146. The van der Waals surface area contributed by atoms with Gasteiger partial charge in [-0.05, 0) is 38.4 Å². The minimum atomic E-state index is -0.297. The summed E-state index contributed by atoms with van der Waals surface area (Å²) in [6.07, 6.45) is 4.67. The van der Waals surface area contributed by atoms with Crippen LogP contribution < -0.4 is 0 Å². The summed E-state index contributed by atoms with van der Waals surface area (Å²) in [4.78, 5) is 17.8. The fourth-order valence-corrected chi connectivity index (χ4v) is 4.61. The Bertz CT molecular complexity index is 563. The maximum absolute atomic E-state index is 13.0. The van der Waals surface area contributed by atoms with Gasteiger partial charge in [-0.3, -0.25) is 4.79 Å². The lowest BCUT2D eigenvalue weighted by atomic mass is 9.78. The molecule has 0 bridgehead atoms. The van der Waals surface area contributed by atoms with Crippen molar-refractivity contribution < 1.29 is 4.79 Å². The average Bonchev–Trinajstić information content (AvgIpc) is 2.76. The third kappa shape index (κ3) is 3.37. The summed E-state index contributed by atoms with van der Waals surface area (Å²) < 4.78 is 0. The van der Waals surface area contributed by atoms with Crippen LogP contribution in [0.2, 0.25) is 0 Å². The smallest absolute Gasteiger partial charge is 0.228 e. The van der Waals surface area contributed by atoms with E-state index < -0.39 is 0 Å². The molecule has 1 amide bonds. The molecule has 1 aromatic rings. The number of likely N-dealkylation sites (tertiary alicyclic amines) is 2. The van der Waals surface area contributed by atoms with E-state index >= 15 is 0 Å². The Balaban J connectivity index is 1.94. The summed E-state index contributed by atoms with van der Waals surface area (Å²) in [6, 6.07) is 11.7. The molecule has 2 heterocycles. The summed E-state index contributed by atoms with van der Waals surface area (Å²) in [6.45, 7) is 8.18. The van der Waals surface area contributed by atoms with Crippen LogP contribution >= 0.6 is 0 Å². The molecule has 3 rings (SSSR count). The summed E-state index contributed by atoms with van der Waals surface area (Å²) in [5.41, 5.74) is 1.14. The second-order valence-electron chi connectivity index (χ2n) is 8.59. The molecule has 0 aliphatic carbocycles. The molecule has 0 N–H and O–H groups in total. The Labute approximate surface area is 147 Å². The molecule has 24 heavy (non-hydrogen) atoms. The first kappa shape index (κ1) is 17.5. The van der Waals surface area contributed by atoms with Crippen LogP contribution in [0.25, 0.3) is 0 Å². The fourth-order valence-electron chi connectivity index (χ4n) is 4.61. The highest BCUT2D eigenvalue weighted by Crippen LogP contribution is 2.39. The summed E-state index contributed by atoms with van der Waals surface area (Å²) in [5.74, 6) is 0.850. The second kappa shape index (κ2) is 6.87. The first-order valence-corrected chi connectivity index (χ1v) is 9.46. The molecule has 3 nitrogen and oxygen atoms in total. The van der Waals surface area contributed by atoms with Gasteiger partial charge in [-0.25, -0.2) is 0 Å². The summed E-state index contributed by atoms with van der Waals surface area (Å²) in [7, 11) is 2.25. The lowest BCUT2D eigenvalue weighted by Crippen LogP contribution is -2.60. The van der Waals surface area contributed by atoms with Crippen LogP contribution in [0, 0.1) is 5.41 Å². The van der Waals surface area contributed by atoms with E-state index in [4.69, 9.17) is 0 Å². The maximum Gasteiger partial charge on any atom is 0.228 e. The van der Waals surface area contributed by atoms with E-state index in [1.165, 1.54) is 18.4 Å². The van der Waals surface area contributed by atoms with Crippen LogP contribution in [-0.2, 0) is 4.79 Å². The Morgan fingerprint density at radius 1 is 1.04 bits per heavy atom. The lowest BCUT2D eigenvalue weighted by Gasteiger charge is -2.49. The van der Waals surface area contributed by atoms with Gasteiger partial charge >= 0.3 is 0 Å². The topological polar surface area (TPSA) is 23.6 Å². The predicted molar refractivity (Wildman–Crippen MR) is 99.0 cm³/mol. The number of hydrogen-bond donors (Lipinski definition) is 0. The molecule has 3 heteroatoms. The molecule has 2 aliphatic rings. The standard InChI is InChI=1S/C21H32N2O/c1-21(2,3)20(24)23-15-13-17(16-10-6-5-7-11-16)19-18(23)12-8-9-14-22(19)4/h5-7,10-11,17-19H,8-9,12-15H2,1-4H3/t17-,18-,19-/m1/s1. The molecular formula is C21H32N2O. The number of amides is 1. The van der Waals surface area contributed by atoms with Gasteiger partial charge in [0.2, 0.25) is 5.91 Å². The summed E-state index contributed by atoms with van der Waals surface area (Å²) in [5, 5.41) is 0. The van der Waals surface area contributed by atoms with E-state index in [0.717, 1.165) is 25.9 Å². The van der Waals surface area contributed by atoms with Gasteiger partial charge in [0.15, 0.2) is 0 Å². The molecule has 0 saturated carbocycles. The molecule has 2 fully saturated rings. The number of carbonyl (C=O) groups is 1. The van der Waals surface area contributed by atoms with Crippen molar-refractivity contribution >= 4 is 5.91 Å². The van der Waals surface area contributed by atoms with E-state index in [1.54, 1.807) is 0 Å². The van der Waals surface area contributed by atoms with Gasteiger partial charge in [-0.1, -0.05) is 57.5 Å². The van der Waals surface area contributed by atoms with Crippen LogP contribution in [0.15, 0.2) is 30.3 Å². The highest BCUT2D eigenvalue weighted by molar-refractivity contribution is 5.82. The molecule has 2 aliphatic heterocycles. The quantitative estimate of drug-likeness (QED) is 0.780. The summed E-state index contributed by atoms with van der Waals surface area (Å²) >= 11 is 0. The minimum Gasteiger partial charge on any atom is -0.338 e. The number of piperidine rings is 1. The molecule has 0 aromatic heterocycles. The number of likely N-dealkylation sites (N-methyl/N-ethyl adjacent to an activating group) is 1. The van der Waals surface area contributed by atoms with Gasteiger partial charge in [0, 0.05) is 30.0 Å².